The summed E-state index contributed by atoms with van der Waals surface area (Å²) in [5.74, 6) is 1.72. The highest BCUT2D eigenvalue weighted by Crippen LogP contribution is 2.32. The second kappa shape index (κ2) is 5.73. The molecule has 0 saturated carbocycles. The van der Waals surface area contributed by atoms with Crippen LogP contribution in [0.25, 0.3) is 0 Å². The van der Waals surface area contributed by atoms with E-state index in [1.807, 2.05) is 6.07 Å². The molecule has 0 aromatic heterocycles. The van der Waals surface area contributed by atoms with Crippen LogP contribution in [0.2, 0.25) is 0 Å². The molecule has 2 N–H and O–H groups in total. The summed E-state index contributed by atoms with van der Waals surface area (Å²) in [7, 11) is 0. The minimum Gasteiger partial charge on any atom is -0.454 e. The Kier molecular flexibility index (Phi) is 4.04. The van der Waals surface area contributed by atoms with Crippen LogP contribution in [0.15, 0.2) is 29.8 Å². The molecule has 1 heterocycles. The summed E-state index contributed by atoms with van der Waals surface area (Å²) in [5, 5.41) is 0. The van der Waals surface area contributed by atoms with Crippen molar-refractivity contribution in [3.8, 4) is 11.5 Å². The SMILES string of the molecule is CC(=CCCN)CCc1ccc2c(c1)OCO2. The van der Waals surface area contributed by atoms with E-state index in [-0.39, 0.29) is 0 Å². The summed E-state index contributed by atoms with van der Waals surface area (Å²) in [5.41, 5.74) is 8.15. The zero-order valence-electron chi connectivity index (χ0n) is 10.2. The summed E-state index contributed by atoms with van der Waals surface area (Å²) in [6, 6.07) is 6.15. The first-order valence-electron chi connectivity index (χ1n) is 6.04. The Balaban J connectivity index is 1.91. The molecule has 0 atom stereocenters. The Morgan fingerprint density at radius 1 is 1.35 bits per heavy atom. The van der Waals surface area contributed by atoms with Crippen molar-refractivity contribution >= 4 is 0 Å². The third-order valence-electron chi connectivity index (χ3n) is 2.90. The van der Waals surface area contributed by atoms with E-state index < -0.39 is 0 Å². The van der Waals surface area contributed by atoms with Gasteiger partial charge in [0.2, 0.25) is 6.79 Å². The van der Waals surface area contributed by atoms with Crippen molar-refractivity contribution in [2.75, 3.05) is 13.3 Å². The van der Waals surface area contributed by atoms with Crippen LogP contribution in [0.5, 0.6) is 11.5 Å². The van der Waals surface area contributed by atoms with Crippen molar-refractivity contribution in [3.63, 3.8) is 0 Å². The van der Waals surface area contributed by atoms with Crippen LogP contribution in [0.4, 0.5) is 0 Å². The Morgan fingerprint density at radius 2 is 2.18 bits per heavy atom. The van der Waals surface area contributed by atoms with Crippen LogP contribution >= 0.6 is 0 Å². The Bertz CT molecular complexity index is 413. The fraction of sp³-hybridized carbons (Fsp3) is 0.429. The molecule has 3 heteroatoms. The van der Waals surface area contributed by atoms with Gasteiger partial charge in [-0.15, -0.1) is 0 Å². The van der Waals surface area contributed by atoms with Crippen LogP contribution in [0.1, 0.15) is 25.3 Å². The molecular formula is C14H19NO2. The minimum atomic E-state index is 0.341. The molecule has 1 aliphatic rings. The minimum absolute atomic E-state index is 0.341. The van der Waals surface area contributed by atoms with E-state index in [4.69, 9.17) is 15.2 Å². The Labute approximate surface area is 102 Å². The summed E-state index contributed by atoms with van der Waals surface area (Å²) in [6.07, 6.45) is 5.28. The van der Waals surface area contributed by atoms with Crippen LogP contribution in [-0.2, 0) is 6.42 Å². The van der Waals surface area contributed by atoms with E-state index in [1.165, 1.54) is 11.1 Å². The number of hydrogen-bond acceptors (Lipinski definition) is 3. The maximum atomic E-state index is 5.47. The van der Waals surface area contributed by atoms with Crippen LogP contribution in [0.3, 0.4) is 0 Å². The molecule has 0 amide bonds. The molecule has 1 aromatic rings. The van der Waals surface area contributed by atoms with Gasteiger partial charge in [0, 0.05) is 0 Å². The van der Waals surface area contributed by atoms with Crippen molar-refractivity contribution in [2.24, 2.45) is 5.73 Å². The molecule has 0 saturated heterocycles. The predicted octanol–water partition coefficient (Wildman–Crippen LogP) is 2.64. The molecule has 92 valence electrons. The molecular weight excluding hydrogens is 214 g/mol. The molecule has 0 unspecified atom stereocenters. The monoisotopic (exact) mass is 233 g/mol. The number of aryl methyl sites for hydroxylation is 1. The van der Waals surface area contributed by atoms with Crippen molar-refractivity contribution < 1.29 is 9.47 Å². The predicted molar refractivity (Wildman–Crippen MR) is 68.3 cm³/mol. The van der Waals surface area contributed by atoms with Crippen molar-refractivity contribution in [2.45, 2.75) is 26.2 Å². The second-order valence-corrected chi connectivity index (χ2v) is 4.32. The number of ether oxygens (including phenoxy) is 2. The molecule has 1 aliphatic heterocycles. The maximum Gasteiger partial charge on any atom is 0.231 e. The summed E-state index contributed by atoms with van der Waals surface area (Å²) in [6.45, 7) is 3.22. The maximum absolute atomic E-state index is 5.47. The largest absolute Gasteiger partial charge is 0.454 e. The van der Waals surface area contributed by atoms with Gasteiger partial charge in [-0.2, -0.15) is 0 Å². The lowest BCUT2D eigenvalue weighted by Gasteiger charge is -2.04. The number of nitrogens with two attached hydrogens (primary N) is 1. The molecule has 0 bridgehead atoms. The highest BCUT2D eigenvalue weighted by atomic mass is 16.7. The van der Waals surface area contributed by atoms with Gasteiger partial charge < -0.3 is 15.2 Å². The van der Waals surface area contributed by atoms with E-state index in [2.05, 4.69) is 25.1 Å². The number of benzene rings is 1. The lowest BCUT2D eigenvalue weighted by Crippen LogP contribution is -1.96. The summed E-state index contributed by atoms with van der Waals surface area (Å²) in [4.78, 5) is 0. The summed E-state index contributed by atoms with van der Waals surface area (Å²) >= 11 is 0. The highest BCUT2D eigenvalue weighted by molar-refractivity contribution is 5.44. The smallest absolute Gasteiger partial charge is 0.231 e. The average molecular weight is 233 g/mol. The van der Waals surface area contributed by atoms with Gasteiger partial charge in [0.15, 0.2) is 11.5 Å². The van der Waals surface area contributed by atoms with Crippen LogP contribution in [-0.4, -0.2) is 13.3 Å². The highest BCUT2D eigenvalue weighted by Gasteiger charge is 2.12. The summed E-state index contributed by atoms with van der Waals surface area (Å²) < 4.78 is 10.6. The lowest BCUT2D eigenvalue weighted by molar-refractivity contribution is 0.174. The molecule has 0 fully saturated rings. The third-order valence-corrected chi connectivity index (χ3v) is 2.90. The first-order chi connectivity index (χ1) is 8.29. The zero-order valence-corrected chi connectivity index (χ0v) is 10.2. The van der Waals surface area contributed by atoms with Crippen LogP contribution in [0, 0.1) is 0 Å². The van der Waals surface area contributed by atoms with Crippen molar-refractivity contribution in [1.29, 1.82) is 0 Å². The van der Waals surface area contributed by atoms with E-state index >= 15 is 0 Å². The molecule has 3 nitrogen and oxygen atoms in total. The Hall–Kier alpha value is -1.48. The number of hydrogen-bond donors (Lipinski definition) is 1. The topological polar surface area (TPSA) is 44.5 Å². The van der Waals surface area contributed by atoms with Gasteiger partial charge in [-0.25, -0.2) is 0 Å². The Morgan fingerprint density at radius 3 is 3.00 bits per heavy atom. The quantitative estimate of drug-likeness (QED) is 0.795. The normalized spacial score (nSPS) is 14.1. The molecule has 0 spiro atoms. The number of fused-ring (bicyclic) bond motifs is 1. The third kappa shape index (κ3) is 3.24. The van der Waals surface area contributed by atoms with Gasteiger partial charge in [-0.3, -0.25) is 0 Å². The fourth-order valence-corrected chi connectivity index (χ4v) is 1.87. The van der Waals surface area contributed by atoms with Crippen LogP contribution < -0.4 is 15.2 Å². The fourth-order valence-electron chi connectivity index (χ4n) is 1.87. The number of rotatable bonds is 5. The first kappa shape index (κ1) is 12.0. The van der Waals surface area contributed by atoms with Gasteiger partial charge in [0.25, 0.3) is 0 Å². The van der Waals surface area contributed by atoms with Gasteiger partial charge in [0.05, 0.1) is 0 Å². The molecule has 1 aromatic carbocycles. The number of allylic oxidation sites excluding steroid dienone is 1. The zero-order chi connectivity index (χ0) is 12.1. The molecule has 2 rings (SSSR count). The van der Waals surface area contributed by atoms with E-state index in [9.17, 15) is 0 Å². The second-order valence-electron chi connectivity index (χ2n) is 4.32. The van der Waals surface area contributed by atoms with Gasteiger partial charge >= 0.3 is 0 Å². The standard InChI is InChI=1S/C14H19NO2/c1-11(3-2-8-15)4-5-12-6-7-13-14(9-12)17-10-16-13/h3,6-7,9H,2,4-5,8,10,15H2,1H3. The van der Waals surface area contributed by atoms with E-state index in [1.54, 1.807) is 0 Å². The van der Waals surface area contributed by atoms with E-state index in [0.29, 0.717) is 6.79 Å². The van der Waals surface area contributed by atoms with Crippen molar-refractivity contribution in [3.05, 3.63) is 35.4 Å². The van der Waals surface area contributed by atoms with E-state index in [0.717, 1.165) is 37.3 Å². The van der Waals surface area contributed by atoms with Crippen molar-refractivity contribution in [1.82, 2.24) is 0 Å². The average Bonchev–Trinajstić information content (AvgIpc) is 2.81. The molecule has 0 aliphatic carbocycles. The van der Waals surface area contributed by atoms with Gasteiger partial charge in [-0.1, -0.05) is 17.7 Å². The lowest BCUT2D eigenvalue weighted by atomic mass is 10.0. The molecule has 17 heavy (non-hydrogen) atoms. The first-order valence-corrected chi connectivity index (χ1v) is 6.04. The molecule has 0 radical (unpaired) electrons. The van der Waals surface area contributed by atoms with Gasteiger partial charge in [-0.05, 0) is 50.4 Å². The van der Waals surface area contributed by atoms with Gasteiger partial charge in [0.1, 0.15) is 0 Å².